The molecule has 1 aliphatic rings. The number of hydrogen-bond donors (Lipinski definition) is 2. The van der Waals surface area contributed by atoms with Crippen molar-refractivity contribution in [3.05, 3.63) is 53.7 Å². The Morgan fingerprint density at radius 2 is 1.89 bits per heavy atom. The largest absolute Gasteiger partial charge is 0.389 e. The van der Waals surface area contributed by atoms with Crippen molar-refractivity contribution in [3.63, 3.8) is 0 Å². The van der Waals surface area contributed by atoms with Gasteiger partial charge in [-0.3, -0.25) is 0 Å². The molecule has 2 N–H and O–H groups in total. The number of rotatable bonds is 6. The molecule has 0 unspecified atom stereocenters. The van der Waals surface area contributed by atoms with Gasteiger partial charge in [0.15, 0.2) is 0 Å². The molecule has 1 aliphatic heterocycles. The van der Waals surface area contributed by atoms with Gasteiger partial charge in [-0.15, -0.1) is 0 Å². The molecule has 3 rings (SSSR count). The summed E-state index contributed by atoms with van der Waals surface area (Å²) in [6.45, 7) is 2.28. The van der Waals surface area contributed by atoms with E-state index < -0.39 is 18.6 Å². The van der Waals surface area contributed by atoms with Crippen LogP contribution in [0.1, 0.15) is 30.4 Å². The molecule has 150 valence electrons. The molecular weight excluding hydrogens is 369 g/mol. The van der Waals surface area contributed by atoms with Gasteiger partial charge < -0.3 is 15.5 Å². The maximum absolute atomic E-state index is 12.5. The number of benzene rings is 1. The number of para-hydroxylation sites is 1. The van der Waals surface area contributed by atoms with Gasteiger partial charge in [0.2, 0.25) is 0 Å². The van der Waals surface area contributed by atoms with Crippen LogP contribution in [0.5, 0.6) is 0 Å². The Morgan fingerprint density at radius 3 is 2.64 bits per heavy atom. The second-order valence-corrected chi connectivity index (χ2v) is 6.80. The van der Waals surface area contributed by atoms with Crippen LogP contribution in [0.15, 0.2) is 42.6 Å². The Labute approximate surface area is 162 Å². The average molecular weight is 392 g/mol. The van der Waals surface area contributed by atoms with Crippen LogP contribution in [0, 0.1) is 0 Å². The molecule has 2 amide bonds. The summed E-state index contributed by atoms with van der Waals surface area (Å²) in [5, 5.41) is 5.39. The fourth-order valence-corrected chi connectivity index (χ4v) is 3.18. The summed E-state index contributed by atoms with van der Waals surface area (Å²) in [5.41, 5.74) is 1.75. The van der Waals surface area contributed by atoms with Crippen LogP contribution in [0.25, 0.3) is 0 Å². The van der Waals surface area contributed by atoms with E-state index in [1.807, 2.05) is 12.1 Å². The van der Waals surface area contributed by atoms with E-state index in [2.05, 4.69) is 20.5 Å². The number of halogens is 3. The second-order valence-electron chi connectivity index (χ2n) is 6.80. The molecule has 1 saturated heterocycles. The molecule has 1 aromatic heterocycles. The quantitative estimate of drug-likeness (QED) is 0.761. The van der Waals surface area contributed by atoms with Gasteiger partial charge in [0.1, 0.15) is 5.82 Å². The molecular formula is C20H23F3N4O. The van der Waals surface area contributed by atoms with Crippen LogP contribution in [0.4, 0.5) is 29.5 Å². The molecule has 0 aliphatic carbocycles. The molecule has 5 nitrogen and oxygen atoms in total. The summed E-state index contributed by atoms with van der Waals surface area (Å²) in [6, 6.07) is 9.85. The minimum atomic E-state index is -4.23. The normalized spacial score (nSPS) is 14.2. The molecule has 0 spiro atoms. The zero-order valence-corrected chi connectivity index (χ0v) is 15.4. The van der Waals surface area contributed by atoms with E-state index in [1.54, 1.807) is 30.5 Å². The zero-order valence-electron chi connectivity index (χ0n) is 15.4. The van der Waals surface area contributed by atoms with Crippen LogP contribution >= 0.6 is 0 Å². The molecule has 0 saturated carbocycles. The van der Waals surface area contributed by atoms with Crippen molar-refractivity contribution < 1.29 is 18.0 Å². The van der Waals surface area contributed by atoms with Crippen LogP contribution in [-0.4, -0.2) is 30.3 Å². The number of amides is 2. The van der Waals surface area contributed by atoms with Crippen molar-refractivity contribution >= 4 is 17.5 Å². The van der Waals surface area contributed by atoms with Crippen molar-refractivity contribution in [2.75, 3.05) is 23.3 Å². The standard InChI is InChI=1S/C20H23F3N4O/c21-20(22,23)9-7-16-5-1-2-6-17(16)26-19(28)25-14-15-8-10-24-18(13-15)27-11-3-4-12-27/h1-2,5-6,8,10,13H,3-4,7,9,11-12,14H2,(H2,25,26,28). The highest BCUT2D eigenvalue weighted by atomic mass is 19.4. The van der Waals surface area contributed by atoms with E-state index in [-0.39, 0.29) is 6.42 Å². The SMILES string of the molecule is O=C(NCc1ccnc(N2CCCC2)c1)Nc1ccccc1CCC(F)(F)F. The van der Waals surface area contributed by atoms with E-state index in [0.717, 1.165) is 37.3 Å². The van der Waals surface area contributed by atoms with Crippen molar-refractivity contribution in [1.29, 1.82) is 0 Å². The van der Waals surface area contributed by atoms with E-state index in [9.17, 15) is 18.0 Å². The van der Waals surface area contributed by atoms with Crippen LogP contribution in [-0.2, 0) is 13.0 Å². The lowest BCUT2D eigenvalue weighted by Crippen LogP contribution is -2.29. The minimum absolute atomic E-state index is 0.177. The summed E-state index contributed by atoms with van der Waals surface area (Å²) in [5.74, 6) is 0.898. The minimum Gasteiger partial charge on any atom is -0.357 e. The molecule has 0 atom stereocenters. The lowest BCUT2D eigenvalue weighted by Gasteiger charge is -2.17. The van der Waals surface area contributed by atoms with Gasteiger partial charge in [-0.2, -0.15) is 13.2 Å². The van der Waals surface area contributed by atoms with Crippen molar-refractivity contribution in [2.24, 2.45) is 0 Å². The van der Waals surface area contributed by atoms with Gasteiger partial charge in [0, 0.05) is 37.9 Å². The van der Waals surface area contributed by atoms with Crippen molar-refractivity contribution in [1.82, 2.24) is 10.3 Å². The van der Waals surface area contributed by atoms with Gasteiger partial charge in [0.25, 0.3) is 0 Å². The summed E-state index contributed by atoms with van der Waals surface area (Å²) < 4.78 is 37.4. The molecule has 2 aromatic rings. The number of nitrogens with zero attached hydrogens (tertiary/aromatic N) is 2. The summed E-state index contributed by atoms with van der Waals surface area (Å²) in [4.78, 5) is 18.8. The van der Waals surface area contributed by atoms with E-state index in [0.29, 0.717) is 17.8 Å². The van der Waals surface area contributed by atoms with Crippen molar-refractivity contribution in [2.45, 2.75) is 38.4 Å². The Kier molecular flexibility index (Phi) is 6.38. The van der Waals surface area contributed by atoms with Crippen LogP contribution in [0.2, 0.25) is 0 Å². The number of aromatic nitrogens is 1. The second kappa shape index (κ2) is 8.95. The maximum atomic E-state index is 12.5. The third kappa shape index (κ3) is 5.87. The number of urea groups is 1. The highest BCUT2D eigenvalue weighted by Gasteiger charge is 2.27. The Morgan fingerprint density at radius 1 is 1.14 bits per heavy atom. The van der Waals surface area contributed by atoms with Crippen LogP contribution < -0.4 is 15.5 Å². The fourth-order valence-electron chi connectivity index (χ4n) is 3.18. The number of hydrogen-bond acceptors (Lipinski definition) is 3. The molecule has 8 heteroatoms. The number of pyridine rings is 1. The third-order valence-electron chi connectivity index (χ3n) is 4.64. The third-order valence-corrected chi connectivity index (χ3v) is 4.64. The molecule has 0 bridgehead atoms. The summed E-state index contributed by atoms with van der Waals surface area (Å²) >= 11 is 0. The van der Waals surface area contributed by atoms with Gasteiger partial charge in [-0.25, -0.2) is 9.78 Å². The summed E-state index contributed by atoms with van der Waals surface area (Å²) in [6.07, 6.45) is -1.31. The lowest BCUT2D eigenvalue weighted by atomic mass is 10.1. The van der Waals surface area contributed by atoms with Gasteiger partial charge in [-0.1, -0.05) is 18.2 Å². The molecule has 28 heavy (non-hydrogen) atoms. The molecule has 2 heterocycles. The van der Waals surface area contributed by atoms with E-state index in [4.69, 9.17) is 0 Å². The van der Waals surface area contributed by atoms with Crippen molar-refractivity contribution in [3.8, 4) is 0 Å². The summed E-state index contributed by atoms with van der Waals surface area (Å²) in [7, 11) is 0. The highest BCUT2D eigenvalue weighted by Crippen LogP contribution is 2.25. The van der Waals surface area contributed by atoms with Gasteiger partial charge >= 0.3 is 12.2 Å². The first kappa shape index (κ1) is 20.0. The van der Waals surface area contributed by atoms with Gasteiger partial charge in [0.05, 0.1) is 0 Å². The van der Waals surface area contributed by atoms with Crippen LogP contribution in [0.3, 0.4) is 0 Å². The molecule has 1 aromatic carbocycles. The number of nitrogens with one attached hydrogen (secondary N) is 2. The van der Waals surface area contributed by atoms with Gasteiger partial charge in [-0.05, 0) is 48.6 Å². The number of carbonyl (C=O) groups excluding carboxylic acids is 1. The average Bonchev–Trinajstić information content (AvgIpc) is 3.20. The first-order valence-corrected chi connectivity index (χ1v) is 9.30. The Hall–Kier alpha value is -2.77. The predicted molar refractivity (Wildman–Crippen MR) is 102 cm³/mol. The number of aryl methyl sites for hydroxylation is 1. The molecule has 0 radical (unpaired) electrons. The number of anilines is 2. The highest BCUT2D eigenvalue weighted by molar-refractivity contribution is 5.90. The predicted octanol–water partition coefficient (Wildman–Crippen LogP) is 4.50. The first-order valence-electron chi connectivity index (χ1n) is 9.30. The topological polar surface area (TPSA) is 57.3 Å². The maximum Gasteiger partial charge on any atom is 0.389 e. The number of carbonyl (C=O) groups is 1. The smallest absolute Gasteiger partial charge is 0.357 e. The molecule has 1 fully saturated rings. The fraction of sp³-hybridized carbons (Fsp3) is 0.400. The first-order chi connectivity index (χ1) is 13.4. The lowest BCUT2D eigenvalue weighted by molar-refractivity contribution is -0.133. The monoisotopic (exact) mass is 392 g/mol. The Bertz CT molecular complexity index is 804. The van der Waals surface area contributed by atoms with E-state index in [1.165, 1.54) is 0 Å². The zero-order chi connectivity index (χ0) is 20.0. The number of alkyl halides is 3. The Balaban J connectivity index is 1.56. The van der Waals surface area contributed by atoms with E-state index >= 15 is 0 Å².